The summed E-state index contributed by atoms with van der Waals surface area (Å²) in [6.07, 6.45) is -0.411. The van der Waals surface area contributed by atoms with Crippen LogP contribution in [0.3, 0.4) is 0 Å². The van der Waals surface area contributed by atoms with E-state index in [0.29, 0.717) is 13.1 Å². The highest BCUT2D eigenvalue weighted by atomic mass is 35.5. The number of fused-ring (bicyclic) bond motifs is 3. The molecule has 0 aliphatic carbocycles. The molecule has 0 radical (unpaired) electrons. The van der Waals surface area contributed by atoms with Crippen LogP contribution in [0.15, 0.2) is 72.8 Å². The van der Waals surface area contributed by atoms with Crippen molar-refractivity contribution >= 4 is 39.1 Å². The number of benzene rings is 3. The number of aromatic nitrogens is 1. The van der Waals surface area contributed by atoms with E-state index in [1.807, 2.05) is 12.1 Å². The molecule has 1 fully saturated rings. The average molecular weight is 420 g/mol. The van der Waals surface area contributed by atoms with Crippen LogP contribution in [0, 0.1) is 0 Å². The number of aliphatic hydroxyl groups is 1. The van der Waals surface area contributed by atoms with Crippen molar-refractivity contribution in [2.75, 3.05) is 37.6 Å². The molecule has 1 aromatic heterocycles. The van der Waals surface area contributed by atoms with E-state index in [2.05, 4.69) is 75.0 Å². The first-order valence-corrected chi connectivity index (χ1v) is 10.9. The highest BCUT2D eigenvalue weighted by Gasteiger charge is 2.21. The van der Waals surface area contributed by atoms with Crippen molar-refractivity contribution in [2.45, 2.75) is 12.6 Å². The van der Waals surface area contributed by atoms with E-state index in [1.165, 1.54) is 27.5 Å². The first kappa shape index (κ1) is 19.4. The minimum atomic E-state index is -0.411. The number of anilines is 1. The maximum absolute atomic E-state index is 10.9. The summed E-state index contributed by atoms with van der Waals surface area (Å²) in [5.74, 6) is 0. The molecule has 1 aliphatic rings. The fourth-order valence-electron chi connectivity index (χ4n) is 4.61. The number of rotatable bonds is 5. The molecule has 0 saturated carbocycles. The monoisotopic (exact) mass is 419 g/mol. The van der Waals surface area contributed by atoms with Gasteiger partial charge in [0.25, 0.3) is 0 Å². The third-order valence-corrected chi connectivity index (χ3v) is 6.36. The minimum Gasteiger partial charge on any atom is -0.390 e. The van der Waals surface area contributed by atoms with Crippen molar-refractivity contribution in [2.24, 2.45) is 0 Å². The lowest BCUT2D eigenvalue weighted by Gasteiger charge is -2.37. The lowest BCUT2D eigenvalue weighted by atomic mass is 10.2. The Balaban J connectivity index is 1.26. The van der Waals surface area contributed by atoms with Crippen molar-refractivity contribution in [3.05, 3.63) is 77.8 Å². The van der Waals surface area contributed by atoms with Gasteiger partial charge in [-0.15, -0.1) is 0 Å². The highest BCUT2D eigenvalue weighted by Crippen LogP contribution is 2.29. The molecule has 5 rings (SSSR count). The van der Waals surface area contributed by atoms with Crippen molar-refractivity contribution < 1.29 is 5.11 Å². The van der Waals surface area contributed by atoms with E-state index in [1.54, 1.807) is 0 Å². The predicted molar refractivity (Wildman–Crippen MR) is 126 cm³/mol. The molecular weight excluding hydrogens is 394 g/mol. The Morgan fingerprint density at radius 3 is 1.90 bits per heavy atom. The molecule has 3 aromatic carbocycles. The first-order chi connectivity index (χ1) is 14.7. The lowest BCUT2D eigenvalue weighted by Crippen LogP contribution is -2.49. The summed E-state index contributed by atoms with van der Waals surface area (Å²) < 4.78 is 2.26. The van der Waals surface area contributed by atoms with Gasteiger partial charge in [0.05, 0.1) is 12.6 Å². The van der Waals surface area contributed by atoms with Crippen molar-refractivity contribution in [1.82, 2.24) is 9.47 Å². The van der Waals surface area contributed by atoms with Crippen molar-refractivity contribution in [1.29, 1.82) is 0 Å². The molecule has 4 aromatic rings. The summed E-state index contributed by atoms with van der Waals surface area (Å²) in [4.78, 5) is 4.75. The zero-order chi connectivity index (χ0) is 20.5. The van der Waals surface area contributed by atoms with Crippen molar-refractivity contribution in [3.8, 4) is 0 Å². The van der Waals surface area contributed by atoms with Crippen LogP contribution in [-0.2, 0) is 6.54 Å². The van der Waals surface area contributed by atoms with E-state index >= 15 is 0 Å². The Bertz CT molecular complexity index is 1090. The van der Waals surface area contributed by atoms with Gasteiger partial charge in [0.15, 0.2) is 0 Å². The topological polar surface area (TPSA) is 31.6 Å². The third-order valence-electron chi connectivity index (χ3n) is 6.11. The van der Waals surface area contributed by atoms with Crippen LogP contribution in [-0.4, -0.2) is 53.4 Å². The zero-order valence-electron chi connectivity index (χ0n) is 16.9. The van der Waals surface area contributed by atoms with E-state index in [-0.39, 0.29) is 0 Å². The molecule has 30 heavy (non-hydrogen) atoms. The Morgan fingerprint density at radius 1 is 0.733 bits per heavy atom. The molecule has 154 valence electrons. The third kappa shape index (κ3) is 3.79. The van der Waals surface area contributed by atoms with Gasteiger partial charge in [0.2, 0.25) is 0 Å². The molecule has 1 aliphatic heterocycles. The summed E-state index contributed by atoms with van der Waals surface area (Å²) >= 11 is 6.01. The maximum atomic E-state index is 10.9. The van der Waals surface area contributed by atoms with Crippen LogP contribution in [0.2, 0.25) is 5.02 Å². The van der Waals surface area contributed by atoms with Crippen LogP contribution in [0.5, 0.6) is 0 Å². The SMILES string of the molecule is O[C@@H](CN1CCN(c2ccc(Cl)cc2)CC1)Cn1c2ccccc2c2ccccc21. The summed E-state index contributed by atoms with van der Waals surface area (Å²) in [5.41, 5.74) is 3.58. The zero-order valence-corrected chi connectivity index (χ0v) is 17.7. The fourth-order valence-corrected chi connectivity index (χ4v) is 4.73. The Labute approximate surface area is 181 Å². The number of para-hydroxylation sites is 2. The Morgan fingerprint density at radius 2 is 1.30 bits per heavy atom. The number of β-amino-alcohol motifs (C(OH)–C–C–N with tert-alkyl or cyclic N) is 1. The summed E-state index contributed by atoms with van der Waals surface area (Å²) in [6.45, 7) is 5.12. The smallest absolute Gasteiger partial charge is 0.0845 e. The highest BCUT2D eigenvalue weighted by molar-refractivity contribution is 6.30. The van der Waals surface area contributed by atoms with Gasteiger partial charge < -0.3 is 14.6 Å². The molecule has 4 nitrogen and oxygen atoms in total. The molecule has 5 heteroatoms. The van der Waals surface area contributed by atoms with Gasteiger partial charge in [-0.25, -0.2) is 0 Å². The number of halogens is 1. The van der Waals surface area contributed by atoms with E-state index in [0.717, 1.165) is 31.2 Å². The van der Waals surface area contributed by atoms with E-state index in [4.69, 9.17) is 11.6 Å². The van der Waals surface area contributed by atoms with Gasteiger partial charge in [-0.3, -0.25) is 4.90 Å². The van der Waals surface area contributed by atoms with Gasteiger partial charge in [0, 0.05) is 65.2 Å². The molecule has 1 N–H and O–H groups in total. The second-order valence-corrected chi connectivity index (χ2v) is 8.50. The quantitative estimate of drug-likeness (QED) is 0.511. The van der Waals surface area contributed by atoms with Crippen molar-refractivity contribution in [3.63, 3.8) is 0 Å². The second kappa shape index (κ2) is 8.31. The van der Waals surface area contributed by atoms with Gasteiger partial charge in [0.1, 0.15) is 0 Å². The van der Waals surface area contributed by atoms with Crippen LogP contribution >= 0.6 is 11.6 Å². The summed E-state index contributed by atoms with van der Waals surface area (Å²) in [7, 11) is 0. The summed E-state index contributed by atoms with van der Waals surface area (Å²) in [6, 6.07) is 25.0. The second-order valence-electron chi connectivity index (χ2n) is 8.06. The maximum Gasteiger partial charge on any atom is 0.0845 e. The average Bonchev–Trinajstić information content (AvgIpc) is 3.09. The van der Waals surface area contributed by atoms with Crippen LogP contribution in [0.4, 0.5) is 5.69 Å². The Kier molecular flexibility index (Phi) is 5.38. The minimum absolute atomic E-state index is 0.411. The van der Waals surface area contributed by atoms with E-state index < -0.39 is 6.10 Å². The van der Waals surface area contributed by atoms with Crippen LogP contribution in [0.25, 0.3) is 21.8 Å². The molecule has 0 spiro atoms. The predicted octanol–water partition coefficient (Wildman–Crippen LogP) is 4.63. The molecule has 0 amide bonds. The molecule has 2 heterocycles. The van der Waals surface area contributed by atoms with Gasteiger partial charge in [-0.2, -0.15) is 0 Å². The van der Waals surface area contributed by atoms with Gasteiger partial charge in [-0.05, 0) is 36.4 Å². The molecule has 1 saturated heterocycles. The molecule has 0 bridgehead atoms. The first-order valence-electron chi connectivity index (χ1n) is 10.6. The fraction of sp³-hybridized carbons (Fsp3) is 0.280. The molecule has 1 atom stereocenters. The number of hydrogen-bond acceptors (Lipinski definition) is 3. The van der Waals surface area contributed by atoms with Gasteiger partial charge >= 0.3 is 0 Å². The normalized spacial score (nSPS) is 16.4. The van der Waals surface area contributed by atoms with Gasteiger partial charge in [-0.1, -0.05) is 48.0 Å². The number of nitrogens with zero attached hydrogens (tertiary/aromatic N) is 3. The molecule has 0 unspecified atom stereocenters. The summed E-state index contributed by atoms with van der Waals surface area (Å²) in [5, 5.41) is 14.2. The van der Waals surface area contributed by atoms with Crippen LogP contribution < -0.4 is 4.90 Å². The number of hydrogen-bond donors (Lipinski definition) is 1. The number of piperazine rings is 1. The largest absolute Gasteiger partial charge is 0.390 e. The molecular formula is C25H26ClN3O. The standard InChI is InChI=1S/C25H26ClN3O/c26-19-9-11-20(12-10-19)28-15-13-27(14-16-28)17-21(30)18-29-24-7-3-1-5-22(24)23-6-2-4-8-25(23)29/h1-12,21,30H,13-18H2/t21-/m0/s1. The van der Waals surface area contributed by atoms with Crippen LogP contribution in [0.1, 0.15) is 0 Å². The number of aliphatic hydroxyl groups excluding tert-OH is 1. The lowest BCUT2D eigenvalue weighted by molar-refractivity contribution is 0.0969. The van der Waals surface area contributed by atoms with E-state index in [9.17, 15) is 5.11 Å². The Hall–Kier alpha value is -2.53.